The predicted molar refractivity (Wildman–Crippen MR) is 110 cm³/mol. The van der Waals surface area contributed by atoms with Crippen LogP contribution in [0.3, 0.4) is 0 Å². The van der Waals surface area contributed by atoms with Gasteiger partial charge in [0.25, 0.3) is 0 Å². The first kappa shape index (κ1) is 18.3. The van der Waals surface area contributed by atoms with Gasteiger partial charge in [0, 0.05) is 36.0 Å². The van der Waals surface area contributed by atoms with Gasteiger partial charge in [-0.2, -0.15) is 0 Å². The second kappa shape index (κ2) is 8.76. The Labute approximate surface area is 158 Å². The summed E-state index contributed by atoms with van der Waals surface area (Å²) in [5, 5.41) is 9.03. The van der Waals surface area contributed by atoms with Gasteiger partial charge in [-0.25, -0.2) is 9.98 Å². The third kappa shape index (κ3) is 4.58. The first-order valence-electron chi connectivity index (χ1n) is 8.95. The number of para-hydroxylation sites is 1. The highest BCUT2D eigenvalue weighted by atomic mass is 32.1. The molecule has 136 valence electrons. The van der Waals surface area contributed by atoms with Gasteiger partial charge < -0.3 is 10.6 Å². The number of aromatic nitrogens is 2. The SMILES string of the molecule is CCNC(=NCc1ccnc2ccccc12)NCCc1sc(C)nc1C. The van der Waals surface area contributed by atoms with Crippen LogP contribution in [0.15, 0.2) is 41.5 Å². The summed E-state index contributed by atoms with van der Waals surface area (Å²) in [4.78, 5) is 15.0. The van der Waals surface area contributed by atoms with Crippen molar-refractivity contribution in [1.82, 2.24) is 20.6 Å². The molecule has 0 bridgehead atoms. The van der Waals surface area contributed by atoms with Gasteiger partial charge in [0.1, 0.15) is 0 Å². The number of nitrogens with zero attached hydrogens (tertiary/aromatic N) is 3. The van der Waals surface area contributed by atoms with E-state index in [1.165, 1.54) is 10.4 Å². The molecule has 0 saturated carbocycles. The molecule has 6 heteroatoms. The number of fused-ring (bicyclic) bond motifs is 1. The van der Waals surface area contributed by atoms with Crippen LogP contribution in [0.25, 0.3) is 10.9 Å². The summed E-state index contributed by atoms with van der Waals surface area (Å²) in [6.45, 7) is 8.51. The topological polar surface area (TPSA) is 62.2 Å². The Morgan fingerprint density at radius 2 is 2.00 bits per heavy atom. The smallest absolute Gasteiger partial charge is 0.191 e. The largest absolute Gasteiger partial charge is 0.357 e. The Balaban J connectivity index is 1.65. The van der Waals surface area contributed by atoms with Gasteiger partial charge in [0.2, 0.25) is 0 Å². The van der Waals surface area contributed by atoms with Crippen molar-refractivity contribution in [3.8, 4) is 0 Å². The first-order valence-corrected chi connectivity index (χ1v) is 9.76. The normalized spacial score (nSPS) is 11.7. The minimum Gasteiger partial charge on any atom is -0.357 e. The molecule has 3 rings (SSSR count). The van der Waals surface area contributed by atoms with Gasteiger partial charge in [-0.15, -0.1) is 11.3 Å². The zero-order chi connectivity index (χ0) is 18.4. The van der Waals surface area contributed by atoms with Crippen molar-refractivity contribution < 1.29 is 0 Å². The number of hydrogen-bond acceptors (Lipinski definition) is 4. The number of nitrogens with one attached hydrogen (secondary N) is 2. The third-order valence-electron chi connectivity index (χ3n) is 4.14. The van der Waals surface area contributed by atoms with Gasteiger partial charge in [-0.1, -0.05) is 18.2 Å². The Hall–Kier alpha value is -2.47. The van der Waals surface area contributed by atoms with E-state index in [9.17, 15) is 0 Å². The van der Waals surface area contributed by atoms with E-state index in [2.05, 4.69) is 47.4 Å². The van der Waals surface area contributed by atoms with E-state index < -0.39 is 0 Å². The van der Waals surface area contributed by atoms with E-state index in [0.717, 1.165) is 47.1 Å². The zero-order valence-corrected chi connectivity index (χ0v) is 16.4. The molecule has 0 aliphatic heterocycles. The number of rotatable bonds is 6. The highest BCUT2D eigenvalue weighted by molar-refractivity contribution is 7.11. The molecule has 0 unspecified atom stereocenters. The van der Waals surface area contributed by atoms with Crippen molar-refractivity contribution in [2.24, 2.45) is 4.99 Å². The lowest BCUT2D eigenvalue weighted by Gasteiger charge is -2.11. The molecule has 26 heavy (non-hydrogen) atoms. The van der Waals surface area contributed by atoms with Crippen LogP contribution in [0.5, 0.6) is 0 Å². The summed E-state index contributed by atoms with van der Waals surface area (Å²) in [6, 6.07) is 10.2. The van der Waals surface area contributed by atoms with Crippen molar-refractivity contribution in [3.05, 3.63) is 57.7 Å². The maximum atomic E-state index is 4.75. The summed E-state index contributed by atoms with van der Waals surface area (Å²) >= 11 is 1.77. The molecule has 3 aromatic rings. The molecule has 2 heterocycles. The van der Waals surface area contributed by atoms with Crippen molar-refractivity contribution in [3.63, 3.8) is 0 Å². The molecule has 0 radical (unpaired) electrons. The Morgan fingerprint density at radius 1 is 1.15 bits per heavy atom. The monoisotopic (exact) mass is 367 g/mol. The fourth-order valence-corrected chi connectivity index (χ4v) is 3.84. The Morgan fingerprint density at radius 3 is 2.77 bits per heavy atom. The summed E-state index contributed by atoms with van der Waals surface area (Å²) < 4.78 is 0. The average Bonchev–Trinajstić information content (AvgIpc) is 2.97. The molecule has 5 nitrogen and oxygen atoms in total. The van der Waals surface area contributed by atoms with Gasteiger partial charge in [-0.05, 0) is 38.5 Å². The molecule has 1 aromatic carbocycles. The third-order valence-corrected chi connectivity index (χ3v) is 5.27. The van der Waals surface area contributed by atoms with Crippen LogP contribution in [0.1, 0.15) is 28.1 Å². The zero-order valence-electron chi connectivity index (χ0n) is 15.5. The molecule has 0 spiro atoms. The van der Waals surface area contributed by atoms with Crippen LogP contribution >= 0.6 is 11.3 Å². The van der Waals surface area contributed by atoms with Crippen molar-refractivity contribution in [2.45, 2.75) is 33.7 Å². The summed E-state index contributed by atoms with van der Waals surface area (Å²) in [5.41, 5.74) is 3.33. The molecular formula is C20H25N5S. The van der Waals surface area contributed by atoms with Crippen LogP contribution in [0, 0.1) is 13.8 Å². The summed E-state index contributed by atoms with van der Waals surface area (Å²) in [6.07, 6.45) is 2.81. The minimum atomic E-state index is 0.622. The van der Waals surface area contributed by atoms with E-state index in [0.29, 0.717) is 6.54 Å². The van der Waals surface area contributed by atoms with E-state index in [4.69, 9.17) is 4.99 Å². The number of guanidine groups is 1. The lowest BCUT2D eigenvalue weighted by molar-refractivity contribution is 0.802. The maximum Gasteiger partial charge on any atom is 0.191 e. The second-order valence-corrected chi connectivity index (χ2v) is 7.39. The number of aliphatic imine (C=N–C) groups is 1. The quantitative estimate of drug-likeness (QED) is 0.516. The molecule has 2 aromatic heterocycles. The standard InChI is InChI=1S/C20H25N5S/c1-4-21-20(23-12-10-19-14(2)25-15(3)26-19)24-13-16-9-11-22-18-8-6-5-7-17(16)18/h5-9,11H,4,10,12-13H2,1-3H3,(H2,21,23,24). The fourth-order valence-electron chi connectivity index (χ4n) is 2.90. The maximum absolute atomic E-state index is 4.75. The van der Waals surface area contributed by atoms with Crippen molar-refractivity contribution in [1.29, 1.82) is 0 Å². The number of benzene rings is 1. The molecule has 2 N–H and O–H groups in total. The average molecular weight is 368 g/mol. The lowest BCUT2D eigenvalue weighted by atomic mass is 10.1. The summed E-state index contributed by atoms with van der Waals surface area (Å²) in [5.74, 6) is 0.840. The minimum absolute atomic E-state index is 0.622. The Kier molecular flexibility index (Phi) is 6.17. The fraction of sp³-hybridized carbons (Fsp3) is 0.350. The van der Waals surface area contributed by atoms with Gasteiger partial charge in [0.15, 0.2) is 5.96 Å². The van der Waals surface area contributed by atoms with Crippen LogP contribution < -0.4 is 10.6 Å². The van der Waals surface area contributed by atoms with Gasteiger partial charge in [0.05, 0.1) is 22.8 Å². The van der Waals surface area contributed by atoms with Crippen LogP contribution in [-0.2, 0) is 13.0 Å². The molecule has 0 amide bonds. The number of hydrogen-bond donors (Lipinski definition) is 2. The molecule has 0 atom stereocenters. The highest BCUT2D eigenvalue weighted by Crippen LogP contribution is 2.18. The van der Waals surface area contributed by atoms with E-state index >= 15 is 0 Å². The van der Waals surface area contributed by atoms with Gasteiger partial charge in [-0.3, -0.25) is 4.98 Å². The Bertz CT molecular complexity index is 895. The molecule has 0 saturated heterocycles. The van der Waals surface area contributed by atoms with Crippen LogP contribution in [0.2, 0.25) is 0 Å². The number of aryl methyl sites for hydroxylation is 2. The van der Waals surface area contributed by atoms with E-state index in [1.54, 1.807) is 11.3 Å². The van der Waals surface area contributed by atoms with E-state index in [-0.39, 0.29) is 0 Å². The molecule has 0 aliphatic carbocycles. The lowest BCUT2D eigenvalue weighted by Crippen LogP contribution is -2.38. The number of pyridine rings is 1. The predicted octanol–water partition coefficient (Wildman–Crippen LogP) is 3.61. The molecule has 0 aliphatic rings. The van der Waals surface area contributed by atoms with Crippen LogP contribution in [0.4, 0.5) is 0 Å². The highest BCUT2D eigenvalue weighted by Gasteiger charge is 2.06. The summed E-state index contributed by atoms with van der Waals surface area (Å²) in [7, 11) is 0. The number of thiazole rings is 1. The second-order valence-electron chi connectivity index (χ2n) is 6.10. The first-order chi connectivity index (χ1) is 12.7. The molecule has 0 fully saturated rings. The van der Waals surface area contributed by atoms with E-state index in [1.807, 2.05) is 30.5 Å². The van der Waals surface area contributed by atoms with Crippen LogP contribution in [-0.4, -0.2) is 29.0 Å². The molecular weight excluding hydrogens is 342 g/mol. The van der Waals surface area contributed by atoms with Gasteiger partial charge >= 0.3 is 0 Å². The van der Waals surface area contributed by atoms with Crippen molar-refractivity contribution in [2.75, 3.05) is 13.1 Å². The van der Waals surface area contributed by atoms with Crippen molar-refractivity contribution >= 4 is 28.2 Å².